The van der Waals surface area contributed by atoms with Crippen molar-refractivity contribution >= 4 is 0 Å². The van der Waals surface area contributed by atoms with Gasteiger partial charge in [0.2, 0.25) is 0 Å². The van der Waals surface area contributed by atoms with Crippen molar-refractivity contribution in [2.75, 3.05) is 6.54 Å². The first-order chi connectivity index (χ1) is 4.12. The average molecular weight is 129 g/mol. The van der Waals surface area contributed by atoms with Gasteiger partial charge in [0.25, 0.3) is 0 Å². The Hall–Kier alpha value is -0.0400. The summed E-state index contributed by atoms with van der Waals surface area (Å²) >= 11 is 0. The van der Waals surface area contributed by atoms with E-state index < -0.39 is 0 Å². The van der Waals surface area contributed by atoms with E-state index in [-0.39, 0.29) is 0 Å². The van der Waals surface area contributed by atoms with Crippen molar-refractivity contribution in [3.05, 3.63) is 0 Å². The molecule has 56 valence electrons. The Bertz CT molecular complexity index is 67.0. The van der Waals surface area contributed by atoms with Gasteiger partial charge in [0.15, 0.2) is 0 Å². The Morgan fingerprint density at radius 2 is 1.89 bits per heavy atom. The highest BCUT2D eigenvalue weighted by Crippen LogP contribution is 2.20. The molecule has 0 amide bonds. The Morgan fingerprint density at radius 3 is 2.22 bits per heavy atom. The summed E-state index contributed by atoms with van der Waals surface area (Å²) in [6, 6.07) is 0. The number of hydrogen-bond donors (Lipinski definition) is 1. The zero-order valence-electron chi connectivity index (χ0n) is 6.91. The van der Waals surface area contributed by atoms with E-state index in [0.29, 0.717) is 5.41 Å². The molecule has 0 fully saturated rings. The molecule has 0 unspecified atom stereocenters. The van der Waals surface area contributed by atoms with Gasteiger partial charge < -0.3 is 5.73 Å². The summed E-state index contributed by atoms with van der Waals surface area (Å²) in [5.41, 5.74) is 5.92. The summed E-state index contributed by atoms with van der Waals surface area (Å²) in [6.45, 7) is 7.48. The molecule has 1 heteroatoms. The van der Waals surface area contributed by atoms with Crippen molar-refractivity contribution in [2.45, 2.75) is 40.0 Å². The van der Waals surface area contributed by atoms with Crippen molar-refractivity contribution in [1.82, 2.24) is 0 Å². The first-order valence-electron chi connectivity index (χ1n) is 3.82. The fraction of sp³-hybridized carbons (Fsp3) is 1.00. The minimum absolute atomic E-state index is 0.371. The SMILES string of the molecule is CCCCC(C)(C)CN. The maximum atomic E-state index is 5.55. The zero-order chi connectivity index (χ0) is 7.33. The highest BCUT2D eigenvalue weighted by Gasteiger charge is 2.13. The van der Waals surface area contributed by atoms with Gasteiger partial charge in [0.05, 0.1) is 0 Å². The minimum atomic E-state index is 0.371. The van der Waals surface area contributed by atoms with Crippen molar-refractivity contribution in [1.29, 1.82) is 0 Å². The summed E-state index contributed by atoms with van der Waals surface area (Å²) in [7, 11) is 0. The molecule has 0 aromatic heterocycles. The first kappa shape index (κ1) is 8.96. The van der Waals surface area contributed by atoms with Crippen LogP contribution in [0.15, 0.2) is 0 Å². The van der Waals surface area contributed by atoms with E-state index in [4.69, 9.17) is 5.73 Å². The van der Waals surface area contributed by atoms with Crippen LogP contribution in [0.2, 0.25) is 0 Å². The fourth-order valence-electron chi connectivity index (χ4n) is 0.757. The van der Waals surface area contributed by atoms with Gasteiger partial charge in [-0.1, -0.05) is 33.6 Å². The molecule has 0 saturated heterocycles. The molecule has 0 heterocycles. The van der Waals surface area contributed by atoms with Crippen molar-refractivity contribution < 1.29 is 0 Å². The molecular weight excluding hydrogens is 110 g/mol. The summed E-state index contributed by atoms with van der Waals surface area (Å²) in [5.74, 6) is 0. The van der Waals surface area contributed by atoms with Crippen LogP contribution in [0.1, 0.15) is 40.0 Å². The monoisotopic (exact) mass is 129 g/mol. The number of unbranched alkanes of at least 4 members (excludes halogenated alkanes) is 1. The molecule has 0 aliphatic rings. The van der Waals surface area contributed by atoms with E-state index in [0.717, 1.165) is 6.54 Å². The summed E-state index contributed by atoms with van der Waals surface area (Å²) in [6.07, 6.45) is 3.85. The molecule has 0 aromatic rings. The lowest BCUT2D eigenvalue weighted by molar-refractivity contribution is 0.335. The van der Waals surface area contributed by atoms with Crippen LogP contribution in [0, 0.1) is 5.41 Å². The molecule has 1 nitrogen and oxygen atoms in total. The van der Waals surface area contributed by atoms with Gasteiger partial charge in [-0.05, 0) is 18.4 Å². The van der Waals surface area contributed by atoms with E-state index in [2.05, 4.69) is 20.8 Å². The fourth-order valence-corrected chi connectivity index (χ4v) is 0.757. The maximum absolute atomic E-state index is 5.55. The van der Waals surface area contributed by atoms with E-state index >= 15 is 0 Å². The van der Waals surface area contributed by atoms with Crippen LogP contribution >= 0.6 is 0 Å². The lowest BCUT2D eigenvalue weighted by Gasteiger charge is -2.21. The topological polar surface area (TPSA) is 26.0 Å². The Morgan fingerprint density at radius 1 is 1.33 bits per heavy atom. The molecule has 0 rings (SSSR count). The zero-order valence-corrected chi connectivity index (χ0v) is 6.91. The molecule has 0 bridgehead atoms. The Kier molecular flexibility index (Phi) is 3.87. The molecule has 2 N–H and O–H groups in total. The van der Waals surface area contributed by atoms with Gasteiger partial charge >= 0.3 is 0 Å². The standard InChI is InChI=1S/C8H19N/c1-4-5-6-8(2,3)7-9/h4-7,9H2,1-3H3. The third-order valence-electron chi connectivity index (χ3n) is 1.76. The molecule has 0 aliphatic carbocycles. The van der Waals surface area contributed by atoms with Crippen LogP contribution in [0.25, 0.3) is 0 Å². The molecule has 0 spiro atoms. The number of nitrogens with two attached hydrogens (primary N) is 1. The second kappa shape index (κ2) is 3.89. The van der Waals surface area contributed by atoms with Gasteiger partial charge in [-0.15, -0.1) is 0 Å². The molecule has 9 heavy (non-hydrogen) atoms. The maximum Gasteiger partial charge on any atom is -0.00258 e. The van der Waals surface area contributed by atoms with E-state index in [1.165, 1.54) is 19.3 Å². The third-order valence-corrected chi connectivity index (χ3v) is 1.76. The molecule has 0 radical (unpaired) electrons. The molecule has 0 aromatic carbocycles. The predicted octanol–water partition coefficient (Wildman–Crippen LogP) is 2.16. The summed E-state index contributed by atoms with van der Waals surface area (Å²) < 4.78 is 0. The van der Waals surface area contributed by atoms with E-state index in [1.807, 2.05) is 0 Å². The second-order valence-corrected chi connectivity index (χ2v) is 3.47. The minimum Gasteiger partial charge on any atom is -0.330 e. The van der Waals surface area contributed by atoms with E-state index in [1.54, 1.807) is 0 Å². The van der Waals surface area contributed by atoms with Crippen LogP contribution in [-0.2, 0) is 0 Å². The van der Waals surface area contributed by atoms with Crippen molar-refractivity contribution in [3.8, 4) is 0 Å². The van der Waals surface area contributed by atoms with Gasteiger partial charge in [0, 0.05) is 0 Å². The number of rotatable bonds is 4. The van der Waals surface area contributed by atoms with Gasteiger partial charge in [-0.25, -0.2) is 0 Å². The van der Waals surface area contributed by atoms with Crippen LogP contribution in [0.3, 0.4) is 0 Å². The highest BCUT2D eigenvalue weighted by molar-refractivity contribution is 4.68. The van der Waals surface area contributed by atoms with Crippen LogP contribution < -0.4 is 5.73 Å². The lowest BCUT2D eigenvalue weighted by Crippen LogP contribution is -2.23. The summed E-state index contributed by atoms with van der Waals surface area (Å²) in [4.78, 5) is 0. The largest absolute Gasteiger partial charge is 0.330 e. The van der Waals surface area contributed by atoms with Gasteiger partial charge in [0.1, 0.15) is 0 Å². The van der Waals surface area contributed by atoms with E-state index in [9.17, 15) is 0 Å². The van der Waals surface area contributed by atoms with Crippen molar-refractivity contribution in [2.24, 2.45) is 11.1 Å². The van der Waals surface area contributed by atoms with Crippen molar-refractivity contribution in [3.63, 3.8) is 0 Å². The predicted molar refractivity (Wildman–Crippen MR) is 42.4 cm³/mol. The first-order valence-corrected chi connectivity index (χ1v) is 3.82. The quantitative estimate of drug-likeness (QED) is 0.618. The number of hydrogen-bond acceptors (Lipinski definition) is 1. The van der Waals surface area contributed by atoms with Gasteiger partial charge in [-0.2, -0.15) is 0 Å². The average Bonchev–Trinajstić information content (AvgIpc) is 1.84. The Labute approximate surface area is 58.6 Å². The smallest absolute Gasteiger partial charge is 0.00258 e. The second-order valence-electron chi connectivity index (χ2n) is 3.47. The van der Waals surface area contributed by atoms with Crippen LogP contribution in [0.5, 0.6) is 0 Å². The van der Waals surface area contributed by atoms with Crippen LogP contribution in [0.4, 0.5) is 0 Å². The molecule has 0 saturated carbocycles. The summed E-state index contributed by atoms with van der Waals surface area (Å²) in [5, 5.41) is 0. The molecule has 0 atom stereocenters. The molecular formula is C8H19N. The van der Waals surface area contributed by atoms with Crippen LogP contribution in [-0.4, -0.2) is 6.54 Å². The van der Waals surface area contributed by atoms with Gasteiger partial charge in [-0.3, -0.25) is 0 Å². The molecule has 0 aliphatic heterocycles. The normalized spacial score (nSPS) is 12.0. The Balaban J connectivity index is 3.33. The highest BCUT2D eigenvalue weighted by atomic mass is 14.6. The lowest BCUT2D eigenvalue weighted by atomic mass is 9.88. The third kappa shape index (κ3) is 4.46.